The summed E-state index contributed by atoms with van der Waals surface area (Å²) in [6.45, 7) is 14.7. The van der Waals surface area contributed by atoms with Crippen LogP contribution >= 0.6 is 0 Å². The van der Waals surface area contributed by atoms with Gasteiger partial charge in [0.25, 0.3) is 0 Å². The second kappa shape index (κ2) is 14.4. The predicted molar refractivity (Wildman–Crippen MR) is 238 cm³/mol. The van der Waals surface area contributed by atoms with Gasteiger partial charge in [-0.05, 0) is 152 Å². The van der Waals surface area contributed by atoms with Crippen LogP contribution in [-0.2, 0) is 50.6 Å². The van der Waals surface area contributed by atoms with Crippen molar-refractivity contribution in [3.8, 4) is 5.75 Å². The Balaban J connectivity index is 1.40. The number of allylic oxidation sites excluding steroid dienone is 2. The highest BCUT2D eigenvalue weighted by molar-refractivity contribution is 5.95. The van der Waals surface area contributed by atoms with Gasteiger partial charge in [0.15, 0.2) is 0 Å². The standard InChI is InChI=1S/C54H68O8/c1-11-48(4)28-33-19-20-38-37-18-14-13-16-35(37)25-40(38)53(47(58)61-10,30-34(24-33)29-48)42-27-41-39(26-44(42)59-8)43(31-55)51(7)49(5,46(57)60-9)45(62-32(3)56)52(12-2)22-15-17-36-21-23-54(41,51)50(36,52)6/h13-16,18,22,26-27,31,33-34,36,43,45H,11-12,17,19-21,23-25,28-30H2,1-10H3/t33-,34+,36?,43?,45-,48-,49+,50-,51-,52-,53+,54+/m0/s1. The molecule has 1 spiro atoms. The third-order valence-corrected chi connectivity index (χ3v) is 19.8. The third kappa shape index (κ3) is 4.96. The first-order valence-corrected chi connectivity index (χ1v) is 23.5. The zero-order valence-electron chi connectivity index (χ0n) is 38.8. The van der Waals surface area contributed by atoms with Crippen molar-refractivity contribution in [1.82, 2.24) is 0 Å². The van der Waals surface area contributed by atoms with Gasteiger partial charge in [-0.3, -0.25) is 14.4 Å². The van der Waals surface area contributed by atoms with Crippen molar-refractivity contribution < 1.29 is 38.1 Å². The van der Waals surface area contributed by atoms with Crippen molar-refractivity contribution in [3.05, 3.63) is 81.9 Å². The summed E-state index contributed by atoms with van der Waals surface area (Å²) in [6.07, 6.45) is 15.1. The van der Waals surface area contributed by atoms with E-state index in [9.17, 15) is 9.59 Å². The molecule has 0 radical (unpaired) electrons. The fraction of sp³-hybridized carbons (Fsp3) is 0.630. The van der Waals surface area contributed by atoms with E-state index >= 15 is 9.59 Å². The summed E-state index contributed by atoms with van der Waals surface area (Å²) in [7, 11) is 4.60. The summed E-state index contributed by atoms with van der Waals surface area (Å²) in [5.41, 5.74) is 1.60. The SMILES string of the molecule is CC[C@]1(C)C[C@H]2C[C@H](CCC3=C(Cc4ccccc43)[C@@](C(=O)OC)(c3cc4c(cc3OC)C(C=O)[C@]3(C)[C@]45CCC4CC=C[C@@](CC)([C@@H](OC(C)=O)[C@]3(C)C(=O)OC)[C@]45C)C2)C1. The first-order valence-electron chi connectivity index (χ1n) is 23.5. The van der Waals surface area contributed by atoms with Crippen molar-refractivity contribution in [1.29, 1.82) is 0 Å². The van der Waals surface area contributed by atoms with E-state index in [2.05, 4.69) is 77.1 Å². The molecule has 2 aromatic rings. The van der Waals surface area contributed by atoms with E-state index in [0.717, 1.165) is 73.5 Å². The first kappa shape index (κ1) is 43.1. The average Bonchev–Trinajstić information content (AvgIpc) is 3.88. The molecule has 2 unspecified atom stereocenters. The summed E-state index contributed by atoms with van der Waals surface area (Å²) in [6, 6.07) is 13.0. The van der Waals surface area contributed by atoms with E-state index in [0.29, 0.717) is 37.4 Å². The fourth-order valence-electron chi connectivity index (χ4n) is 17.1. The minimum absolute atomic E-state index is 0.159. The Kier molecular flexibility index (Phi) is 10.0. The quantitative estimate of drug-likeness (QED) is 0.112. The molecular weight excluding hydrogens is 777 g/mol. The Labute approximate surface area is 368 Å². The molecule has 0 N–H and O–H groups in total. The summed E-state index contributed by atoms with van der Waals surface area (Å²) in [4.78, 5) is 58.3. The maximum atomic E-state index is 15.6. The molecule has 7 aliphatic rings. The van der Waals surface area contributed by atoms with E-state index in [4.69, 9.17) is 18.9 Å². The monoisotopic (exact) mass is 844 g/mol. The molecule has 9 rings (SSSR count). The van der Waals surface area contributed by atoms with E-state index in [1.807, 2.05) is 13.0 Å². The van der Waals surface area contributed by atoms with Crippen LogP contribution in [0.1, 0.15) is 153 Å². The predicted octanol–water partition coefficient (Wildman–Crippen LogP) is 10.6. The van der Waals surface area contributed by atoms with Crippen LogP contribution in [0.4, 0.5) is 0 Å². The molecule has 0 aliphatic heterocycles. The van der Waals surface area contributed by atoms with Gasteiger partial charge in [-0.2, -0.15) is 0 Å². The lowest BCUT2D eigenvalue weighted by molar-refractivity contribution is -0.270. The van der Waals surface area contributed by atoms with Crippen molar-refractivity contribution in [3.63, 3.8) is 0 Å². The maximum Gasteiger partial charge on any atom is 0.320 e. The number of carbonyl (C=O) groups excluding carboxylic acids is 4. The minimum Gasteiger partial charge on any atom is -0.496 e. The Morgan fingerprint density at radius 3 is 2.24 bits per heavy atom. The van der Waals surface area contributed by atoms with Crippen LogP contribution in [-0.4, -0.2) is 51.6 Å². The van der Waals surface area contributed by atoms with Crippen LogP contribution in [0.2, 0.25) is 0 Å². The zero-order valence-corrected chi connectivity index (χ0v) is 38.8. The molecule has 0 saturated heterocycles. The van der Waals surface area contributed by atoms with Gasteiger partial charge in [-0.15, -0.1) is 0 Å². The molecule has 0 heterocycles. The van der Waals surface area contributed by atoms with Crippen molar-refractivity contribution in [2.45, 2.75) is 148 Å². The third-order valence-electron chi connectivity index (χ3n) is 19.8. The number of carbonyl (C=O) groups is 4. The Morgan fingerprint density at radius 1 is 0.855 bits per heavy atom. The Bertz CT molecular complexity index is 2310. The van der Waals surface area contributed by atoms with E-state index in [1.54, 1.807) is 7.11 Å². The van der Waals surface area contributed by atoms with Crippen molar-refractivity contribution in [2.24, 2.45) is 44.8 Å². The molecule has 8 nitrogen and oxygen atoms in total. The number of fused-ring (bicyclic) bond motifs is 5. The molecule has 3 saturated carbocycles. The van der Waals surface area contributed by atoms with Crippen LogP contribution in [0.3, 0.4) is 0 Å². The number of ether oxygens (including phenoxy) is 4. The molecule has 2 bridgehead atoms. The summed E-state index contributed by atoms with van der Waals surface area (Å²) < 4.78 is 25.0. The van der Waals surface area contributed by atoms with Crippen LogP contribution in [0.15, 0.2) is 54.1 Å². The number of benzene rings is 2. The smallest absolute Gasteiger partial charge is 0.320 e. The summed E-state index contributed by atoms with van der Waals surface area (Å²) >= 11 is 0. The molecule has 7 aliphatic carbocycles. The first-order chi connectivity index (χ1) is 29.5. The van der Waals surface area contributed by atoms with Gasteiger partial charge in [0.05, 0.1) is 21.3 Å². The van der Waals surface area contributed by atoms with E-state index in [1.165, 1.54) is 44.3 Å². The second-order valence-electron chi connectivity index (χ2n) is 21.5. The van der Waals surface area contributed by atoms with Crippen LogP contribution in [0.5, 0.6) is 5.75 Å². The summed E-state index contributed by atoms with van der Waals surface area (Å²) in [5.74, 6) is -0.522. The second-order valence-corrected chi connectivity index (χ2v) is 21.5. The van der Waals surface area contributed by atoms with E-state index < -0.39 is 56.5 Å². The van der Waals surface area contributed by atoms with Gasteiger partial charge >= 0.3 is 17.9 Å². The normalized spacial score (nSPS) is 41.0. The molecule has 3 fully saturated rings. The molecule has 62 heavy (non-hydrogen) atoms. The van der Waals surface area contributed by atoms with Gasteiger partial charge in [0.1, 0.15) is 29.0 Å². The van der Waals surface area contributed by atoms with E-state index in [-0.39, 0.29) is 23.2 Å². The Hall–Kier alpha value is -4.20. The highest BCUT2D eigenvalue weighted by Crippen LogP contribution is 2.86. The molecule has 332 valence electrons. The molecule has 2 aromatic carbocycles. The number of aldehydes is 1. The zero-order chi connectivity index (χ0) is 44.4. The van der Waals surface area contributed by atoms with Gasteiger partial charge in [-0.1, -0.05) is 77.5 Å². The molecule has 8 heteroatoms. The topological polar surface area (TPSA) is 105 Å². The number of esters is 3. The number of methoxy groups -OCH3 is 3. The van der Waals surface area contributed by atoms with Gasteiger partial charge in [0, 0.05) is 34.7 Å². The molecule has 0 aromatic heterocycles. The summed E-state index contributed by atoms with van der Waals surface area (Å²) in [5, 5.41) is 0. The highest BCUT2D eigenvalue weighted by Gasteiger charge is 2.87. The van der Waals surface area contributed by atoms with Crippen molar-refractivity contribution in [2.75, 3.05) is 21.3 Å². The molecule has 12 atom stereocenters. The number of rotatable bonds is 8. The molecule has 0 amide bonds. The van der Waals surface area contributed by atoms with Crippen LogP contribution < -0.4 is 4.74 Å². The fourth-order valence-corrected chi connectivity index (χ4v) is 17.1. The van der Waals surface area contributed by atoms with Gasteiger partial charge in [-0.25, -0.2) is 0 Å². The maximum absolute atomic E-state index is 15.6. The average molecular weight is 845 g/mol. The number of hydrogen-bond acceptors (Lipinski definition) is 8. The lowest BCUT2D eigenvalue weighted by Gasteiger charge is -2.73. The lowest BCUT2D eigenvalue weighted by Crippen LogP contribution is -2.78. The number of hydrogen-bond donors (Lipinski definition) is 0. The largest absolute Gasteiger partial charge is 0.496 e. The van der Waals surface area contributed by atoms with Crippen molar-refractivity contribution >= 4 is 29.8 Å². The lowest BCUT2D eigenvalue weighted by atomic mass is 9.29. The Morgan fingerprint density at radius 2 is 1.58 bits per heavy atom. The molecular formula is C54H68O8. The minimum atomic E-state index is -1.47. The van der Waals surface area contributed by atoms with Crippen LogP contribution in [0.25, 0.3) is 5.57 Å². The highest BCUT2D eigenvalue weighted by atomic mass is 16.6. The van der Waals surface area contributed by atoms with Gasteiger partial charge in [0.2, 0.25) is 0 Å². The van der Waals surface area contributed by atoms with Crippen LogP contribution in [0, 0.1) is 44.8 Å². The van der Waals surface area contributed by atoms with Gasteiger partial charge < -0.3 is 23.7 Å².